The first-order valence-corrected chi connectivity index (χ1v) is 20.7. The molecule has 1 N–H and O–H groups in total. The van der Waals surface area contributed by atoms with Gasteiger partial charge in [0.05, 0.1) is 43.1 Å². The molecule has 2 aliphatic rings. The summed E-state index contributed by atoms with van der Waals surface area (Å²) < 4.78 is 51.1. The van der Waals surface area contributed by atoms with Crippen LogP contribution in [0.15, 0.2) is 133 Å². The highest BCUT2D eigenvalue weighted by Gasteiger charge is 2.43. The minimum absolute atomic E-state index is 0.0170. The molecule has 2 saturated heterocycles. The normalized spacial score (nSPS) is 21.3. The average Bonchev–Trinajstić information content (AvgIpc) is 3.34. The first-order valence-electron chi connectivity index (χ1n) is 20.7. The van der Waals surface area contributed by atoms with Crippen molar-refractivity contribution in [2.24, 2.45) is 16.2 Å². The molecule has 342 valence electrons. The summed E-state index contributed by atoms with van der Waals surface area (Å²) >= 11 is 0. The van der Waals surface area contributed by atoms with Crippen molar-refractivity contribution < 1.29 is 76.5 Å². The molecule has 16 nitrogen and oxygen atoms in total. The molecule has 2 heterocycles. The Bertz CT molecular complexity index is 2370. The Morgan fingerprint density at radius 3 is 1.20 bits per heavy atom. The van der Waals surface area contributed by atoms with Gasteiger partial charge in [0.2, 0.25) is 0 Å². The first kappa shape index (κ1) is 46.7. The maximum atomic E-state index is 13.7. The number of aromatic carboxylic acids is 1. The number of carbonyl (C=O) groups excluding carboxylic acids is 5. The highest BCUT2D eigenvalue weighted by atomic mass is 16.7. The SMILES string of the molecule is CC(COC(=O)c1ccc(OC(=O)C2(C)COC(c3ccccc3)OC2)cc1)(COC(=O)c1ccc(OC(=O)C2(C)COC(c3ccccc3)OC2)cc1)C(=O)Oc1ccc(C(=O)O)cc1. The largest absolute Gasteiger partial charge is 0.478 e. The van der Waals surface area contributed by atoms with Gasteiger partial charge in [-0.2, -0.15) is 0 Å². The molecule has 16 heteroatoms. The smallest absolute Gasteiger partial charge is 0.338 e. The molecule has 0 bridgehead atoms. The summed E-state index contributed by atoms with van der Waals surface area (Å²) in [6.45, 7) is 3.62. The van der Waals surface area contributed by atoms with Gasteiger partial charge in [0.25, 0.3) is 0 Å². The second-order valence-corrected chi connectivity index (χ2v) is 16.6. The molecule has 0 radical (unpaired) electrons. The van der Waals surface area contributed by atoms with E-state index < -0.39 is 77.9 Å². The lowest BCUT2D eigenvalue weighted by Gasteiger charge is -2.35. The van der Waals surface area contributed by atoms with Crippen LogP contribution in [0.5, 0.6) is 17.2 Å². The standard InChI is InChI=1S/C50H46O16/c1-48(45(55)64-37-20-14-32(15-21-37)40(51)52,26-58-41(53)33-16-22-38(23-17-33)65-46(56)49(2)28-60-43(61-29-49)35-10-6-4-7-11-35)27-59-42(54)34-18-24-39(25-19-34)66-47(57)50(3)30-62-44(63-31-50)36-12-8-5-9-13-36/h4-25,43-44H,26-31H2,1-3H3,(H,51,52). The number of esters is 5. The number of carbonyl (C=O) groups is 6. The highest BCUT2D eigenvalue weighted by Crippen LogP contribution is 2.35. The lowest BCUT2D eigenvalue weighted by molar-refractivity contribution is -0.233. The van der Waals surface area contributed by atoms with E-state index in [0.29, 0.717) is 0 Å². The average molecular weight is 903 g/mol. The molecule has 0 aromatic heterocycles. The number of hydrogen-bond acceptors (Lipinski definition) is 15. The number of benzene rings is 5. The van der Waals surface area contributed by atoms with E-state index in [1.807, 2.05) is 60.7 Å². The van der Waals surface area contributed by atoms with Crippen LogP contribution in [-0.4, -0.2) is 80.6 Å². The van der Waals surface area contributed by atoms with Gasteiger partial charge in [0.15, 0.2) is 12.6 Å². The summed E-state index contributed by atoms with van der Waals surface area (Å²) in [5, 5.41) is 9.27. The zero-order chi connectivity index (χ0) is 46.9. The molecule has 0 spiro atoms. The molecule has 0 unspecified atom stereocenters. The van der Waals surface area contributed by atoms with E-state index in [-0.39, 0.29) is 60.4 Å². The summed E-state index contributed by atoms with van der Waals surface area (Å²) in [4.78, 5) is 77.9. The molecule has 0 saturated carbocycles. The summed E-state index contributed by atoms with van der Waals surface area (Å²) in [6.07, 6.45) is -1.23. The summed E-state index contributed by atoms with van der Waals surface area (Å²) in [7, 11) is 0. The predicted molar refractivity (Wildman–Crippen MR) is 230 cm³/mol. The summed E-state index contributed by atoms with van der Waals surface area (Å²) in [5.74, 6) is -4.81. The molecule has 7 rings (SSSR count). The molecule has 2 aliphatic heterocycles. The number of rotatable bonds is 15. The van der Waals surface area contributed by atoms with Gasteiger partial charge < -0.3 is 47.7 Å². The Balaban J connectivity index is 0.948. The van der Waals surface area contributed by atoms with Gasteiger partial charge in [-0.1, -0.05) is 60.7 Å². The fraction of sp³-hybridized carbons (Fsp3) is 0.280. The summed E-state index contributed by atoms with van der Waals surface area (Å²) in [5.41, 5.74) is -2.32. The molecular formula is C50H46O16. The number of carboxylic acids is 1. The Hall–Kier alpha value is -7.24. The zero-order valence-corrected chi connectivity index (χ0v) is 36.2. The number of ether oxygens (including phenoxy) is 9. The van der Waals surface area contributed by atoms with E-state index >= 15 is 0 Å². The molecular weight excluding hydrogens is 857 g/mol. The van der Waals surface area contributed by atoms with Crippen LogP contribution in [0.3, 0.4) is 0 Å². The van der Waals surface area contributed by atoms with E-state index in [1.165, 1.54) is 79.7 Å². The van der Waals surface area contributed by atoms with Crippen LogP contribution in [-0.2, 0) is 42.8 Å². The van der Waals surface area contributed by atoms with Crippen molar-refractivity contribution >= 4 is 35.8 Å². The molecule has 0 amide bonds. The maximum Gasteiger partial charge on any atom is 0.338 e. The van der Waals surface area contributed by atoms with Gasteiger partial charge >= 0.3 is 35.8 Å². The van der Waals surface area contributed by atoms with Crippen LogP contribution < -0.4 is 14.2 Å². The van der Waals surface area contributed by atoms with Crippen LogP contribution in [0.1, 0.15) is 75.6 Å². The third-order valence-corrected chi connectivity index (χ3v) is 10.8. The van der Waals surface area contributed by atoms with Gasteiger partial charge in [0.1, 0.15) is 46.7 Å². The fourth-order valence-electron chi connectivity index (χ4n) is 6.51. The molecule has 2 fully saturated rings. The molecule has 5 aromatic carbocycles. The highest BCUT2D eigenvalue weighted by molar-refractivity contribution is 5.91. The molecule has 0 atom stereocenters. The maximum absolute atomic E-state index is 13.7. The lowest BCUT2D eigenvalue weighted by atomic mass is 9.92. The van der Waals surface area contributed by atoms with E-state index in [0.717, 1.165) is 11.1 Å². The second-order valence-electron chi connectivity index (χ2n) is 16.6. The predicted octanol–water partition coefficient (Wildman–Crippen LogP) is 7.33. The fourth-order valence-corrected chi connectivity index (χ4v) is 6.51. The minimum atomic E-state index is -1.79. The van der Waals surface area contributed by atoms with Crippen molar-refractivity contribution in [2.75, 3.05) is 39.6 Å². The molecule has 5 aromatic rings. The van der Waals surface area contributed by atoms with Crippen molar-refractivity contribution in [2.45, 2.75) is 33.4 Å². The topological polar surface area (TPSA) is 206 Å². The quantitative estimate of drug-likeness (QED) is 0.0807. The van der Waals surface area contributed by atoms with Gasteiger partial charge in [-0.3, -0.25) is 14.4 Å². The van der Waals surface area contributed by atoms with Crippen LogP contribution >= 0.6 is 0 Å². The Labute approximate surface area is 379 Å². The monoisotopic (exact) mass is 902 g/mol. The van der Waals surface area contributed by atoms with Crippen LogP contribution in [0, 0.1) is 16.2 Å². The third-order valence-electron chi connectivity index (χ3n) is 10.8. The number of carboxylic acid groups (broad SMARTS) is 1. The van der Waals surface area contributed by atoms with E-state index in [4.69, 9.17) is 42.6 Å². The number of hydrogen-bond donors (Lipinski definition) is 1. The van der Waals surface area contributed by atoms with Gasteiger partial charge in [0, 0.05) is 11.1 Å². The zero-order valence-electron chi connectivity index (χ0n) is 36.2. The molecule has 66 heavy (non-hydrogen) atoms. The van der Waals surface area contributed by atoms with Gasteiger partial charge in [-0.05, 0) is 93.6 Å². The first-order chi connectivity index (χ1) is 31.6. The van der Waals surface area contributed by atoms with Crippen molar-refractivity contribution in [3.63, 3.8) is 0 Å². The van der Waals surface area contributed by atoms with Gasteiger partial charge in [-0.25, -0.2) is 14.4 Å². The second kappa shape index (κ2) is 20.3. The minimum Gasteiger partial charge on any atom is -0.478 e. The lowest BCUT2D eigenvalue weighted by Crippen LogP contribution is -2.44. The van der Waals surface area contributed by atoms with Crippen molar-refractivity contribution in [3.05, 3.63) is 161 Å². The van der Waals surface area contributed by atoms with Crippen LogP contribution in [0.25, 0.3) is 0 Å². The van der Waals surface area contributed by atoms with Crippen molar-refractivity contribution in [1.29, 1.82) is 0 Å². The van der Waals surface area contributed by atoms with Crippen molar-refractivity contribution in [3.8, 4) is 17.2 Å². The van der Waals surface area contributed by atoms with E-state index in [2.05, 4.69) is 0 Å². The third kappa shape index (κ3) is 11.3. The van der Waals surface area contributed by atoms with E-state index in [1.54, 1.807) is 13.8 Å². The Morgan fingerprint density at radius 1 is 0.515 bits per heavy atom. The summed E-state index contributed by atoms with van der Waals surface area (Å²) in [6, 6.07) is 34.7. The Morgan fingerprint density at radius 2 is 0.848 bits per heavy atom. The van der Waals surface area contributed by atoms with Crippen LogP contribution in [0.2, 0.25) is 0 Å². The molecule has 0 aliphatic carbocycles. The Kier molecular flexibility index (Phi) is 14.4. The van der Waals surface area contributed by atoms with Gasteiger partial charge in [-0.15, -0.1) is 0 Å². The van der Waals surface area contributed by atoms with Crippen LogP contribution in [0.4, 0.5) is 0 Å². The van der Waals surface area contributed by atoms with E-state index in [9.17, 15) is 33.9 Å². The van der Waals surface area contributed by atoms with Crippen molar-refractivity contribution in [1.82, 2.24) is 0 Å².